The fourth-order valence-electron chi connectivity index (χ4n) is 3.28. The first-order valence-electron chi connectivity index (χ1n) is 9.67. The molecule has 4 nitrogen and oxygen atoms in total. The van der Waals surface area contributed by atoms with E-state index in [-0.39, 0.29) is 5.91 Å². The first kappa shape index (κ1) is 19.4. The van der Waals surface area contributed by atoms with Gasteiger partial charge in [-0.1, -0.05) is 37.1 Å². The highest BCUT2D eigenvalue weighted by atomic mass is 35.5. The molecule has 0 saturated heterocycles. The lowest BCUT2D eigenvalue weighted by atomic mass is 10.1. The summed E-state index contributed by atoms with van der Waals surface area (Å²) in [5.41, 5.74) is 2.95. The lowest BCUT2D eigenvalue weighted by molar-refractivity contribution is 0.0953. The Bertz CT molecular complexity index is 886. The number of hydrogen-bond acceptors (Lipinski definition) is 2. The number of amides is 1. The lowest BCUT2D eigenvalue weighted by Gasteiger charge is -2.08. The molecule has 0 spiro atoms. The van der Waals surface area contributed by atoms with Crippen molar-refractivity contribution in [3.63, 3.8) is 0 Å². The average molecular weight is 384 g/mol. The number of aryl methyl sites for hydroxylation is 2. The van der Waals surface area contributed by atoms with E-state index in [0.29, 0.717) is 17.1 Å². The normalized spacial score (nSPS) is 11.0. The van der Waals surface area contributed by atoms with Crippen molar-refractivity contribution in [2.45, 2.75) is 45.6 Å². The smallest absolute Gasteiger partial charge is 0.251 e. The Kier molecular flexibility index (Phi) is 6.88. The van der Waals surface area contributed by atoms with Crippen LogP contribution in [0.15, 0.2) is 48.5 Å². The summed E-state index contributed by atoms with van der Waals surface area (Å²) in [5, 5.41) is 3.61. The number of aromatic nitrogens is 2. The summed E-state index contributed by atoms with van der Waals surface area (Å²) >= 11 is 5.85. The topological polar surface area (TPSA) is 46.9 Å². The van der Waals surface area contributed by atoms with Gasteiger partial charge < -0.3 is 9.88 Å². The quantitative estimate of drug-likeness (QED) is 0.513. The van der Waals surface area contributed by atoms with E-state index in [4.69, 9.17) is 16.6 Å². The molecular weight excluding hydrogens is 358 g/mol. The zero-order valence-electron chi connectivity index (χ0n) is 15.7. The highest BCUT2D eigenvalue weighted by molar-refractivity contribution is 6.30. The molecule has 27 heavy (non-hydrogen) atoms. The number of hydrogen-bond donors (Lipinski definition) is 1. The van der Waals surface area contributed by atoms with Gasteiger partial charge in [-0.3, -0.25) is 4.79 Å². The maximum atomic E-state index is 12.1. The fraction of sp³-hybridized carbons (Fsp3) is 0.364. The molecule has 1 aromatic heterocycles. The van der Waals surface area contributed by atoms with Gasteiger partial charge in [0.1, 0.15) is 5.82 Å². The van der Waals surface area contributed by atoms with Crippen LogP contribution in [-0.2, 0) is 13.0 Å². The predicted molar refractivity (Wildman–Crippen MR) is 111 cm³/mol. The molecule has 0 radical (unpaired) electrons. The van der Waals surface area contributed by atoms with Crippen LogP contribution < -0.4 is 5.32 Å². The molecule has 0 saturated carbocycles. The van der Waals surface area contributed by atoms with Crippen LogP contribution in [0.4, 0.5) is 0 Å². The van der Waals surface area contributed by atoms with Gasteiger partial charge in [-0.2, -0.15) is 0 Å². The molecule has 0 unspecified atom stereocenters. The summed E-state index contributed by atoms with van der Waals surface area (Å²) in [4.78, 5) is 16.9. The molecule has 2 aromatic carbocycles. The number of carbonyl (C=O) groups excluding carboxylic acids is 1. The van der Waals surface area contributed by atoms with Gasteiger partial charge in [-0.25, -0.2) is 4.98 Å². The van der Waals surface area contributed by atoms with E-state index in [1.807, 2.05) is 6.07 Å². The molecule has 0 bridgehead atoms. The molecular formula is C22H26ClN3O. The first-order valence-corrected chi connectivity index (χ1v) is 10.0. The average Bonchev–Trinajstić information content (AvgIpc) is 3.03. The molecule has 3 rings (SSSR count). The second kappa shape index (κ2) is 9.56. The van der Waals surface area contributed by atoms with Gasteiger partial charge in [0.05, 0.1) is 11.0 Å². The lowest BCUT2D eigenvalue weighted by Crippen LogP contribution is -2.24. The second-order valence-electron chi connectivity index (χ2n) is 6.74. The summed E-state index contributed by atoms with van der Waals surface area (Å²) < 4.78 is 2.34. The number of fused-ring (bicyclic) bond motifs is 1. The van der Waals surface area contributed by atoms with Crippen LogP contribution in [0, 0.1) is 0 Å². The number of nitrogens with zero attached hydrogens (tertiary/aromatic N) is 2. The number of nitrogens with one attached hydrogen (secondary N) is 1. The number of benzene rings is 2. The van der Waals surface area contributed by atoms with E-state index in [1.165, 1.54) is 11.3 Å². The van der Waals surface area contributed by atoms with Crippen LogP contribution in [-0.4, -0.2) is 22.0 Å². The molecule has 0 fully saturated rings. The number of rotatable bonds is 9. The minimum atomic E-state index is -0.0450. The molecule has 0 aliphatic heterocycles. The SMILES string of the molecule is CCCn1c(CCCCCNC(=O)c2ccc(Cl)cc2)nc2ccccc21. The highest BCUT2D eigenvalue weighted by Gasteiger charge is 2.09. The van der Waals surface area contributed by atoms with Gasteiger partial charge in [-0.05, 0) is 55.7 Å². The van der Waals surface area contributed by atoms with Crippen molar-refractivity contribution in [2.75, 3.05) is 6.54 Å². The number of halogens is 1. The van der Waals surface area contributed by atoms with Crippen LogP contribution in [0.25, 0.3) is 11.0 Å². The predicted octanol–water partition coefficient (Wildman–Crippen LogP) is 5.24. The van der Waals surface area contributed by atoms with Crippen LogP contribution in [0.2, 0.25) is 5.02 Å². The van der Waals surface area contributed by atoms with Crippen molar-refractivity contribution in [1.29, 1.82) is 0 Å². The summed E-state index contributed by atoms with van der Waals surface area (Å²) in [6, 6.07) is 15.3. The molecule has 0 aliphatic rings. The van der Waals surface area contributed by atoms with Gasteiger partial charge in [0.25, 0.3) is 5.91 Å². The Hall–Kier alpha value is -2.33. The number of carbonyl (C=O) groups is 1. The maximum absolute atomic E-state index is 12.1. The third-order valence-corrected chi connectivity index (χ3v) is 4.90. The van der Waals surface area contributed by atoms with Crippen molar-refractivity contribution >= 4 is 28.5 Å². The van der Waals surface area contributed by atoms with Gasteiger partial charge >= 0.3 is 0 Å². The molecule has 1 N–H and O–H groups in total. The molecule has 3 aromatic rings. The Morgan fingerprint density at radius 1 is 1.07 bits per heavy atom. The van der Waals surface area contributed by atoms with Crippen LogP contribution in [0.1, 0.15) is 48.8 Å². The van der Waals surface area contributed by atoms with Crippen molar-refractivity contribution in [3.8, 4) is 0 Å². The Morgan fingerprint density at radius 3 is 2.63 bits per heavy atom. The van der Waals surface area contributed by atoms with E-state index in [2.05, 4.69) is 35.0 Å². The van der Waals surface area contributed by atoms with Gasteiger partial charge in [0.15, 0.2) is 0 Å². The number of para-hydroxylation sites is 2. The van der Waals surface area contributed by atoms with E-state index in [0.717, 1.165) is 44.2 Å². The standard InChI is InChI=1S/C22H26ClN3O/c1-2-16-26-20-9-6-5-8-19(20)25-21(26)10-4-3-7-15-24-22(27)17-11-13-18(23)14-12-17/h5-6,8-9,11-14H,2-4,7,10,15-16H2,1H3,(H,24,27). The Balaban J connectivity index is 1.44. The fourth-order valence-corrected chi connectivity index (χ4v) is 3.41. The van der Waals surface area contributed by atoms with E-state index < -0.39 is 0 Å². The third-order valence-electron chi connectivity index (χ3n) is 4.65. The summed E-state index contributed by atoms with van der Waals surface area (Å²) in [7, 11) is 0. The second-order valence-corrected chi connectivity index (χ2v) is 7.18. The van der Waals surface area contributed by atoms with Crippen molar-refractivity contribution in [1.82, 2.24) is 14.9 Å². The van der Waals surface area contributed by atoms with Crippen molar-refractivity contribution in [2.24, 2.45) is 0 Å². The number of unbranched alkanes of at least 4 members (excludes halogenated alkanes) is 2. The van der Waals surface area contributed by atoms with Crippen LogP contribution in [0.5, 0.6) is 0 Å². The van der Waals surface area contributed by atoms with Crippen molar-refractivity contribution < 1.29 is 4.79 Å². The minimum absolute atomic E-state index is 0.0450. The first-order chi connectivity index (χ1) is 13.2. The zero-order chi connectivity index (χ0) is 19.1. The van der Waals surface area contributed by atoms with E-state index in [9.17, 15) is 4.79 Å². The maximum Gasteiger partial charge on any atom is 0.251 e. The third kappa shape index (κ3) is 5.10. The summed E-state index contributed by atoms with van der Waals surface area (Å²) in [5.74, 6) is 1.12. The molecule has 0 aliphatic carbocycles. The monoisotopic (exact) mass is 383 g/mol. The van der Waals surface area contributed by atoms with Gasteiger partial charge in [0, 0.05) is 30.1 Å². The largest absolute Gasteiger partial charge is 0.352 e. The van der Waals surface area contributed by atoms with Crippen LogP contribution >= 0.6 is 11.6 Å². The summed E-state index contributed by atoms with van der Waals surface area (Å²) in [6.07, 6.45) is 5.18. The molecule has 0 atom stereocenters. The molecule has 1 amide bonds. The van der Waals surface area contributed by atoms with Gasteiger partial charge in [0.2, 0.25) is 0 Å². The van der Waals surface area contributed by atoms with E-state index in [1.54, 1.807) is 24.3 Å². The van der Waals surface area contributed by atoms with Gasteiger partial charge in [-0.15, -0.1) is 0 Å². The van der Waals surface area contributed by atoms with E-state index >= 15 is 0 Å². The Labute approximate surface area is 165 Å². The zero-order valence-corrected chi connectivity index (χ0v) is 16.5. The summed E-state index contributed by atoms with van der Waals surface area (Å²) in [6.45, 7) is 3.89. The molecule has 5 heteroatoms. The number of imidazole rings is 1. The molecule has 142 valence electrons. The molecule has 1 heterocycles. The van der Waals surface area contributed by atoms with Crippen LogP contribution in [0.3, 0.4) is 0 Å². The van der Waals surface area contributed by atoms with Crippen molar-refractivity contribution in [3.05, 3.63) is 64.9 Å². The minimum Gasteiger partial charge on any atom is -0.352 e. The highest BCUT2D eigenvalue weighted by Crippen LogP contribution is 2.18. The Morgan fingerprint density at radius 2 is 1.85 bits per heavy atom.